The third-order valence-electron chi connectivity index (χ3n) is 11.6. The minimum Gasteiger partial charge on any atom is -0.456 e. The summed E-state index contributed by atoms with van der Waals surface area (Å²) in [5.41, 5.74) is 9.51. The number of allylic oxidation sites excluding steroid dienone is 4. The van der Waals surface area contributed by atoms with Crippen LogP contribution in [-0.4, -0.2) is 15.0 Å². The molecule has 58 heavy (non-hydrogen) atoms. The quantitative estimate of drug-likeness (QED) is 0.164. The first-order valence-corrected chi connectivity index (χ1v) is 19.7. The fraction of sp³-hybridized carbons (Fsp3) is 0.0377. The topological polar surface area (TPSA) is 65.0 Å². The number of hydrogen-bond donors (Lipinski definition) is 0. The number of nitrogens with zero attached hydrogens (tertiary/aromatic N) is 3. The molecule has 0 bridgehead atoms. The van der Waals surface area contributed by atoms with E-state index >= 15 is 0 Å². The van der Waals surface area contributed by atoms with Crippen LogP contribution in [0.4, 0.5) is 0 Å². The van der Waals surface area contributed by atoms with E-state index in [1.807, 2.05) is 24.3 Å². The van der Waals surface area contributed by atoms with Crippen molar-refractivity contribution in [3.63, 3.8) is 0 Å². The van der Waals surface area contributed by atoms with Crippen LogP contribution in [0.3, 0.4) is 0 Å². The van der Waals surface area contributed by atoms with Gasteiger partial charge in [0.05, 0.1) is 5.56 Å². The third kappa shape index (κ3) is 5.28. The predicted octanol–water partition coefficient (Wildman–Crippen LogP) is 14.2. The minimum absolute atomic E-state index is 0.0325. The number of benzene rings is 8. The van der Waals surface area contributed by atoms with E-state index in [-0.39, 0.29) is 5.92 Å². The highest BCUT2D eigenvalue weighted by atomic mass is 16.3. The number of hydrogen-bond acceptors (Lipinski definition) is 5. The highest BCUT2D eigenvalue weighted by Crippen LogP contribution is 2.41. The van der Waals surface area contributed by atoms with Gasteiger partial charge in [0.25, 0.3) is 0 Å². The van der Waals surface area contributed by atoms with Gasteiger partial charge in [-0.05, 0) is 92.7 Å². The van der Waals surface area contributed by atoms with E-state index in [9.17, 15) is 0 Å². The maximum Gasteiger partial charge on any atom is 0.167 e. The third-order valence-corrected chi connectivity index (χ3v) is 11.6. The first-order valence-electron chi connectivity index (χ1n) is 19.7. The minimum atomic E-state index is 0.0325. The summed E-state index contributed by atoms with van der Waals surface area (Å²) in [6, 6.07) is 55.4. The van der Waals surface area contributed by atoms with E-state index in [1.54, 1.807) is 0 Å². The highest BCUT2D eigenvalue weighted by molar-refractivity contribution is 6.14. The summed E-state index contributed by atoms with van der Waals surface area (Å²) in [6.07, 6.45) is 9.30. The van der Waals surface area contributed by atoms with Crippen LogP contribution in [0.2, 0.25) is 0 Å². The van der Waals surface area contributed by atoms with Gasteiger partial charge in [0.15, 0.2) is 11.6 Å². The van der Waals surface area contributed by atoms with Crippen LogP contribution >= 0.6 is 0 Å². The number of rotatable bonds is 5. The van der Waals surface area contributed by atoms with Crippen LogP contribution in [0.25, 0.3) is 110 Å². The molecule has 1 aliphatic rings. The Morgan fingerprint density at radius 3 is 2.03 bits per heavy atom. The summed E-state index contributed by atoms with van der Waals surface area (Å²) in [5.74, 6) is 1.98. The zero-order valence-corrected chi connectivity index (χ0v) is 31.3. The van der Waals surface area contributed by atoms with Crippen LogP contribution in [-0.2, 0) is 0 Å². The zero-order valence-electron chi connectivity index (χ0n) is 31.3. The van der Waals surface area contributed by atoms with Gasteiger partial charge in [0, 0.05) is 33.0 Å². The molecule has 3 heterocycles. The van der Waals surface area contributed by atoms with Gasteiger partial charge in [-0.2, -0.15) is 0 Å². The molecule has 0 saturated heterocycles. The number of aromatic nitrogens is 3. The lowest BCUT2D eigenvalue weighted by molar-refractivity contribution is 0.668. The summed E-state index contributed by atoms with van der Waals surface area (Å²) < 4.78 is 13.0. The lowest BCUT2D eigenvalue weighted by Crippen LogP contribution is -2.08. The fourth-order valence-electron chi connectivity index (χ4n) is 8.76. The lowest BCUT2D eigenvalue weighted by Gasteiger charge is -2.15. The average Bonchev–Trinajstić information content (AvgIpc) is 3.87. The molecule has 1 atom stereocenters. The summed E-state index contributed by atoms with van der Waals surface area (Å²) in [7, 11) is 0. The molecule has 0 N–H and O–H groups in total. The van der Waals surface area contributed by atoms with E-state index in [1.165, 1.54) is 27.1 Å². The Labute approximate surface area is 333 Å². The standard InChI is InChI=1S/C53H33N3O2/c1-2-12-34(13-3-1)51-54-52(56-53(55-51)43-20-9-19-42-41-17-6-7-21-46(41)58-50(42)43)38-15-8-14-37(29-38)40-18-10-22-48-49(40)45-31-36(27-28-47(45)57-48)35-26-25-33-24-23-32-11-4-5-16-39(32)44(33)30-35/h1-12,14-31,34H,13H2. The molecule has 0 fully saturated rings. The molecule has 0 aliphatic heterocycles. The van der Waals surface area contributed by atoms with Gasteiger partial charge in [-0.3, -0.25) is 0 Å². The molecule has 272 valence electrons. The van der Waals surface area contributed by atoms with E-state index in [0.717, 1.165) is 83.9 Å². The van der Waals surface area contributed by atoms with E-state index in [0.29, 0.717) is 11.6 Å². The Hall–Kier alpha value is -7.63. The summed E-state index contributed by atoms with van der Waals surface area (Å²) >= 11 is 0. The van der Waals surface area contributed by atoms with Gasteiger partial charge in [-0.15, -0.1) is 0 Å². The summed E-state index contributed by atoms with van der Waals surface area (Å²) in [4.78, 5) is 15.4. The van der Waals surface area contributed by atoms with Crippen molar-refractivity contribution in [2.45, 2.75) is 12.3 Å². The molecule has 8 aromatic carbocycles. The second-order valence-electron chi connectivity index (χ2n) is 15.1. The molecular formula is C53H33N3O2. The maximum atomic E-state index is 6.50. The van der Waals surface area contributed by atoms with Crippen molar-refractivity contribution in [3.8, 4) is 45.0 Å². The highest BCUT2D eigenvalue weighted by Gasteiger charge is 2.21. The Morgan fingerprint density at radius 2 is 1.12 bits per heavy atom. The normalized spacial score (nSPS) is 14.2. The van der Waals surface area contributed by atoms with Crippen molar-refractivity contribution in [2.75, 3.05) is 0 Å². The van der Waals surface area contributed by atoms with Crippen molar-refractivity contribution in [1.29, 1.82) is 0 Å². The van der Waals surface area contributed by atoms with Crippen molar-refractivity contribution < 1.29 is 8.83 Å². The van der Waals surface area contributed by atoms with E-state index in [2.05, 4.69) is 158 Å². The van der Waals surface area contributed by atoms with Crippen LogP contribution < -0.4 is 0 Å². The molecule has 1 aliphatic carbocycles. The molecular weight excluding hydrogens is 711 g/mol. The first-order chi connectivity index (χ1) is 28.7. The molecule has 0 saturated carbocycles. The van der Waals surface area contributed by atoms with Crippen molar-refractivity contribution in [3.05, 3.63) is 188 Å². The lowest BCUT2D eigenvalue weighted by atomic mass is 9.94. The molecule has 11 aromatic rings. The van der Waals surface area contributed by atoms with Crippen molar-refractivity contribution in [2.24, 2.45) is 0 Å². The summed E-state index contributed by atoms with van der Waals surface area (Å²) in [6.45, 7) is 0. The van der Waals surface area contributed by atoms with Crippen LogP contribution in [0, 0.1) is 0 Å². The largest absolute Gasteiger partial charge is 0.456 e. The molecule has 0 spiro atoms. The van der Waals surface area contributed by atoms with Gasteiger partial charge in [-0.25, -0.2) is 15.0 Å². The Balaban J connectivity index is 0.998. The Bertz CT molecular complexity index is 3520. The predicted molar refractivity (Wildman–Crippen MR) is 237 cm³/mol. The van der Waals surface area contributed by atoms with E-state index in [4.69, 9.17) is 23.8 Å². The molecule has 12 rings (SSSR count). The van der Waals surface area contributed by atoms with Gasteiger partial charge in [0.1, 0.15) is 28.2 Å². The molecule has 5 nitrogen and oxygen atoms in total. The zero-order chi connectivity index (χ0) is 38.2. The van der Waals surface area contributed by atoms with Crippen LogP contribution in [0.5, 0.6) is 0 Å². The van der Waals surface area contributed by atoms with Gasteiger partial charge >= 0.3 is 0 Å². The fourth-order valence-corrected chi connectivity index (χ4v) is 8.76. The van der Waals surface area contributed by atoms with Crippen LogP contribution in [0.15, 0.2) is 191 Å². The molecule has 5 heteroatoms. The van der Waals surface area contributed by atoms with Crippen LogP contribution in [0.1, 0.15) is 18.2 Å². The average molecular weight is 744 g/mol. The molecule has 0 amide bonds. The molecule has 3 aromatic heterocycles. The second-order valence-corrected chi connectivity index (χ2v) is 15.1. The van der Waals surface area contributed by atoms with E-state index < -0.39 is 0 Å². The molecule has 1 unspecified atom stereocenters. The van der Waals surface area contributed by atoms with Crippen molar-refractivity contribution in [1.82, 2.24) is 15.0 Å². The Kier molecular flexibility index (Phi) is 7.29. The van der Waals surface area contributed by atoms with Gasteiger partial charge in [-0.1, -0.05) is 140 Å². The number of fused-ring (bicyclic) bond motifs is 9. The van der Waals surface area contributed by atoms with Gasteiger partial charge < -0.3 is 8.83 Å². The Morgan fingerprint density at radius 1 is 0.431 bits per heavy atom. The smallest absolute Gasteiger partial charge is 0.167 e. The van der Waals surface area contributed by atoms with Crippen molar-refractivity contribution >= 4 is 65.4 Å². The maximum absolute atomic E-state index is 6.50. The monoisotopic (exact) mass is 743 g/mol. The number of para-hydroxylation sites is 2. The number of furan rings is 2. The molecule has 0 radical (unpaired) electrons. The SMILES string of the molecule is C1=CCC(c2nc(-c3cccc(-c4cccc5oc6ccc(-c7ccc8ccc9ccccc9c8c7)cc6c45)c3)nc(-c3cccc4c3oc3ccccc34)n2)C=C1. The first kappa shape index (κ1) is 32.6. The van der Waals surface area contributed by atoms with Gasteiger partial charge in [0.2, 0.25) is 0 Å². The second kappa shape index (κ2) is 13.0. The summed E-state index contributed by atoms with van der Waals surface area (Å²) in [5, 5.41) is 9.25.